The first-order valence-corrected chi connectivity index (χ1v) is 6.41. The van der Waals surface area contributed by atoms with Gasteiger partial charge in [0.2, 0.25) is 0 Å². The van der Waals surface area contributed by atoms with Gasteiger partial charge < -0.3 is 10.3 Å². The number of benzene rings is 1. The van der Waals surface area contributed by atoms with Crippen LogP contribution in [0, 0.1) is 9.39 Å². The van der Waals surface area contributed by atoms with Crippen LogP contribution in [0.3, 0.4) is 0 Å². The number of nitrogens with zero attached hydrogens (tertiary/aromatic N) is 1. The van der Waals surface area contributed by atoms with Crippen LogP contribution in [0.15, 0.2) is 30.6 Å². The summed E-state index contributed by atoms with van der Waals surface area (Å²) in [7, 11) is 0. The lowest BCUT2D eigenvalue weighted by Gasteiger charge is -2.12. The molecule has 0 saturated carbocycles. The highest BCUT2D eigenvalue weighted by molar-refractivity contribution is 14.1. The first kappa shape index (κ1) is 13.0. The molecule has 0 aliphatic rings. The van der Waals surface area contributed by atoms with Gasteiger partial charge in [0, 0.05) is 16.0 Å². The number of carbonyl (C=O) groups excluding carboxylic acids is 1. The van der Waals surface area contributed by atoms with E-state index in [1.807, 2.05) is 29.5 Å². The molecule has 0 fully saturated rings. The predicted octanol–water partition coefficient (Wildman–Crippen LogP) is 2.64. The molecule has 1 aromatic heterocycles. The summed E-state index contributed by atoms with van der Waals surface area (Å²) in [5.74, 6) is 0.0822. The van der Waals surface area contributed by atoms with E-state index in [9.17, 15) is 9.18 Å². The molecule has 1 atom stereocenters. The van der Waals surface area contributed by atoms with Crippen LogP contribution in [0.1, 0.15) is 29.1 Å². The van der Waals surface area contributed by atoms with Crippen LogP contribution >= 0.6 is 22.6 Å². The number of H-pyrrole nitrogens is 1. The van der Waals surface area contributed by atoms with Crippen molar-refractivity contribution in [3.05, 3.63) is 51.4 Å². The summed E-state index contributed by atoms with van der Waals surface area (Å²) >= 11 is 1.94. The van der Waals surface area contributed by atoms with Crippen molar-refractivity contribution in [2.45, 2.75) is 13.0 Å². The zero-order valence-corrected chi connectivity index (χ0v) is 11.7. The van der Waals surface area contributed by atoms with Crippen LogP contribution in [0.2, 0.25) is 0 Å². The molecule has 18 heavy (non-hydrogen) atoms. The van der Waals surface area contributed by atoms with Crippen molar-refractivity contribution in [3.8, 4) is 0 Å². The van der Waals surface area contributed by atoms with Crippen molar-refractivity contribution < 1.29 is 9.18 Å². The topological polar surface area (TPSA) is 57.8 Å². The largest absolute Gasteiger partial charge is 0.347 e. The van der Waals surface area contributed by atoms with Crippen LogP contribution < -0.4 is 5.32 Å². The number of nitrogens with one attached hydrogen (secondary N) is 2. The third-order valence-corrected chi connectivity index (χ3v) is 3.35. The summed E-state index contributed by atoms with van der Waals surface area (Å²) in [4.78, 5) is 19.0. The highest BCUT2D eigenvalue weighted by Crippen LogP contribution is 2.15. The first-order valence-electron chi connectivity index (χ1n) is 5.33. The normalized spacial score (nSPS) is 12.2. The van der Waals surface area contributed by atoms with Crippen molar-refractivity contribution in [2.24, 2.45) is 0 Å². The Balaban J connectivity index is 2.12. The Morgan fingerprint density at radius 1 is 1.56 bits per heavy atom. The van der Waals surface area contributed by atoms with E-state index in [4.69, 9.17) is 0 Å². The molecule has 0 spiro atoms. The summed E-state index contributed by atoms with van der Waals surface area (Å²) in [5, 5.41) is 2.80. The van der Waals surface area contributed by atoms with Gasteiger partial charge in [0.05, 0.1) is 11.6 Å². The average Bonchev–Trinajstić information content (AvgIpc) is 2.81. The predicted molar refractivity (Wildman–Crippen MR) is 73.6 cm³/mol. The smallest absolute Gasteiger partial charge is 0.252 e. The van der Waals surface area contributed by atoms with E-state index in [0.717, 1.165) is 0 Å². The average molecular weight is 359 g/mol. The maximum absolute atomic E-state index is 12.9. The van der Waals surface area contributed by atoms with Gasteiger partial charge in [-0.05, 0) is 47.7 Å². The number of amides is 1. The molecule has 2 rings (SSSR count). The number of hydrogen-bond acceptors (Lipinski definition) is 2. The summed E-state index contributed by atoms with van der Waals surface area (Å²) in [6.07, 6.45) is 3.32. The van der Waals surface area contributed by atoms with Gasteiger partial charge in [0.15, 0.2) is 0 Å². The molecule has 0 saturated heterocycles. The zero-order chi connectivity index (χ0) is 13.1. The van der Waals surface area contributed by atoms with Crippen molar-refractivity contribution in [3.63, 3.8) is 0 Å². The van der Waals surface area contributed by atoms with Gasteiger partial charge in [0.25, 0.3) is 5.91 Å². The number of aromatic nitrogens is 2. The fourth-order valence-electron chi connectivity index (χ4n) is 1.53. The number of imidazole rings is 1. The number of rotatable bonds is 3. The number of carbonyl (C=O) groups is 1. The van der Waals surface area contributed by atoms with Gasteiger partial charge in [-0.1, -0.05) is 0 Å². The van der Waals surface area contributed by atoms with E-state index in [1.165, 1.54) is 18.2 Å². The van der Waals surface area contributed by atoms with Gasteiger partial charge in [-0.2, -0.15) is 0 Å². The molecular weight excluding hydrogens is 348 g/mol. The van der Waals surface area contributed by atoms with Crippen LogP contribution in [0.25, 0.3) is 0 Å². The van der Waals surface area contributed by atoms with Crippen LogP contribution in [0.4, 0.5) is 4.39 Å². The zero-order valence-electron chi connectivity index (χ0n) is 9.58. The van der Waals surface area contributed by atoms with Crippen LogP contribution in [-0.2, 0) is 0 Å². The summed E-state index contributed by atoms with van der Waals surface area (Å²) in [6.45, 7) is 1.83. The molecule has 6 heteroatoms. The van der Waals surface area contributed by atoms with Crippen molar-refractivity contribution >= 4 is 28.5 Å². The van der Waals surface area contributed by atoms with Crippen LogP contribution in [-0.4, -0.2) is 15.9 Å². The van der Waals surface area contributed by atoms with E-state index in [1.54, 1.807) is 12.4 Å². The second kappa shape index (κ2) is 5.47. The minimum absolute atomic E-state index is 0.228. The van der Waals surface area contributed by atoms with Gasteiger partial charge in [-0.15, -0.1) is 0 Å². The highest BCUT2D eigenvalue weighted by atomic mass is 127. The van der Waals surface area contributed by atoms with Crippen molar-refractivity contribution in [1.82, 2.24) is 15.3 Å². The molecule has 1 amide bonds. The Kier molecular flexibility index (Phi) is 3.95. The molecule has 4 nitrogen and oxygen atoms in total. The third-order valence-electron chi connectivity index (χ3n) is 2.45. The summed E-state index contributed by atoms with van der Waals surface area (Å²) < 4.78 is 13.5. The van der Waals surface area contributed by atoms with E-state index in [2.05, 4.69) is 15.3 Å². The third kappa shape index (κ3) is 2.87. The highest BCUT2D eigenvalue weighted by Gasteiger charge is 2.15. The Hall–Kier alpha value is -1.44. The second-order valence-electron chi connectivity index (χ2n) is 3.79. The molecule has 1 heterocycles. The standard InChI is InChI=1S/C12H11FIN3O/c1-7(11-15-4-5-16-11)17-12(18)9-3-2-8(13)6-10(9)14/h2-7H,1H3,(H,15,16)(H,17,18). The second-order valence-corrected chi connectivity index (χ2v) is 4.96. The Labute approximate surface area is 117 Å². The van der Waals surface area contributed by atoms with E-state index >= 15 is 0 Å². The molecular formula is C12H11FIN3O. The lowest BCUT2D eigenvalue weighted by molar-refractivity contribution is 0.0937. The number of hydrogen-bond donors (Lipinski definition) is 2. The van der Waals surface area contributed by atoms with E-state index < -0.39 is 0 Å². The minimum atomic E-state index is -0.352. The Morgan fingerprint density at radius 3 is 2.94 bits per heavy atom. The van der Waals surface area contributed by atoms with Gasteiger partial charge >= 0.3 is 0 Å². The van der Waals surface area contributed by atoms with Crippen molar-refractivity contribution in [1.29, 1.82) is 0 Å². The number of aromatic amines is 1. The van der Waals surface area contributed by atoms with E-state index in [0.29, 0.717) is 15.0 Å². The lowest BCUT2D eigenvalue weighted by Crippen LogP contribution is -2.28. The molecule has 2 N–H and O–H groups in total. The maximum Gasteiger partial charge on any atom is 0.252 e. The molecule has 0 aliphatic carbocycles. The SMILES string of the molecule is CC(NC(=O)c1ccc(F)cc1I)c1ncc[nH]1. The molecule has 2 aromatic rings. The maximum atomic E-state index is 12.9. The molecule has 94 valence electrons. The van der Waals surface area contributed by atoms with Gasteiger partial charge in [-0.3, -0.25) is 4.79 Å². The fraction of sp³-hybridized carbons (Fsp3) is 0.167. The Morgan fingerprint density at radius 2 is 2.33 bits per heavy atom. The molecule has 1 aromatic carbocycles. The molecule has 0 aliphatic heterocycles. The quantitative estimate of drug-likeness (QED) is 0.828. The minimum Gasteiger partial charge on any atom is -0.347 e. The molecule has 0 bridgehead atoms. The van der Waals surface area contributed by atoms with E-state index in [-0.39, 0.29) is 17.8 Å². The van der Waals surface area contributed by atoms with Gasteiger partial charge in [-0.25, -0.2) is 9.37 Å². The summed E-state index contributed by atoms with van der Waals surface area (Å²) in [6, 6.07) is 3.84. The van der Waals surface area contributed by atoms with Crippen LogP contribution in [0.5, 0.6) is 0 Å². The lowest BCUT2D eigenvalue weighted by atomic mass is 10.2. The molecule has 1 unspecified atom stereocenters. The molecule has 0 radical (unpaired) electrons. The number of halogens is 2. The fourth-order valence-corrected chi connectivity index (χ4v) is 2.25. The first-order chi connectivity index (χ1) is 8.58. The Bertz CT molecular complexity index is 556. The van der Waals surface area contributed by atoms with Crippen molar-refractivity contribution in [2.75, 3.05) is 0 Å². The summed E-state index contributed by atoms with van der Waals surface area (Å²) in [5.41, 5.74) is 0.454. The monoisotopic (exact) mass is 359 g/mol. The van der Waals surface area contributed by atoms with Gasteiger partial charge in [0.1, 0.15) is 11.6 Å².